The smallest absolute Gasteiger partial charge is 0.238 e. The monoisotopic (exact) mass is 356 g/mol. The number of amides is 1. The molecule has 0 radical (unpaired) electrons. The van der Waals surface area contributed by atoms with Gasteiger partial charge in [-0.05, 0) is 47.6 Å². The minimum Gasteiger partial charge on any atom is -0.339 e. The van der Waals surface area contributed by atoms with Gasteiger partial charge in [0.2, 0.25) is 5.91 Å². The lowest BCUT2D eigenvalue weighted by atomic mass is 10.00. The molecule has 2 aliphatic rings. The van der Waals surface area contributed by atoms with Crippen LogP contribution in [0.5, 0.6) is 0 Å². The Balaban J connectivity index is 1.37. The third-order valence-electron chi connectivity index (χ3n) is 5.41. The minimum atomic E-state index is -0.531. The number of rotatable bonds is 5. The molecule has 1 heterocycles. The van der Waals surface area contributed by atoms with Crippen LogP contribution in [0.4, 0.5) is 0 Å². The molecule has 1 aliphatic heterocycles. The number of carbonyl (C=O) groups excluding carboxylic acids is 1. The van der Waals surface area contributed by atoms with E-state index in [1.54, 1.807) is 12.1 Å². The van der Waals surface area contributed by atoms with Gasteiger partial charge in [-0.2, -0.15) is 10.5 Å². The van der Waals surface area contributed by atoms with Crippen molar-refractivity contribution in [3.63, 3.8) is 0 Å². The van der Waals surface area contributed by atoms with Gasteiger partial charge in [0.05, 0.1) is 23.7 Å². The van der Waals surface area contributed by atoms with Crippen LogP contribution in [0.3, 0.4) is 0 Å². The Morgan fingerprint density at radius 2 is 1.74 bits per heavy atom. The molecular formula is C22H20N4O. The predicted molar refractivity (Wildman–Crippen MR) is 101 cm³/mol. The van der Waals surface area contributed by atoms with Gasteiger partial charge >= 0.3 is 0 Å². The summed E-state index contributed by atoms with van der Waals surface area (Å²) in [6.07, 6.45) is 2.54. The average Bonchev–Trinajstić information content (AvgIpc) is 3.33. The molecule has 0 bridgehead atoms. The average molecular weight is 356 g/mol. The Morgan fingerprint density at radius 1 is 1.07 bits per heavy atom. The van der Waals surface area contributed by atoms with Gasteiger partial charge in [0, 0.05) is 12.5 Å². The summed E-state index contributed by atoms with van der Waals surface area (Å²) in [6.45, 7) is 0. The summed E-state index contributed by atoms with van der Waals surface area (Å²) in [5, 5.41) is 24.5. The number of benzene rings is 2. The van der Waals surface area contributed by atoms with Crippen molar-refractivity contribution in [2.45, 2.75) is 37.4 Å². The maximum Gasteiger partial charge on any atom is 0.238 e. The molecule has 1 aliphatic carbocycles. The van der Waals surface area contributed by atoms with Gasteiger partial charge in [-0.15, -0.1) is 0 Å². The molecule has 1 amide bonds. The van der Waals surface area contributed by atoms with Crippen LogP contribution >= 0.6 is 0 Å². The van der Waals surface area contributed by atoms with E-state index in [4.69, 9.17) is 5.26 Å². The fraction of sp³-hybridized carbons (Fsp3) is 0.318. The fourth-order valence-corrected chi connectivity index (χ4v) is 3.73. The van der Waals surface area contributed by atoms with Crippen LogP contribution in [0.25, 0.3) is 11.1 Å². The second-order valence-corrected chi connectivity index (χ2v) is 7.34. The highest BCUT2D eigenvalue weighted by atomic mass is 16.2. The van der Waals surface area contributed by atoms with E-state index in [2.05, 4.69) is 22.8 Å². The molecule has 0 unspecified atom stereocenters. The van der Waals surface area contributed by atoms with Gasteiger partial charge in [0.15, 0.2) is 0 Å². The first-order chi connectivity index (χ1) is 13.2. The van der Waals surface area contributed by atoms with E-state index < -0.39 is 6.04 Å². The third kappa shape index (κ3) is 3.84. The topological polar surface area (TPSA) is 88.7 Å². The third-order valence-corrected chi connectivity index (χ3v) is 5.41. The van der Waals surface area contributed by atoms with Crippen LogP contribution in [-0.4, -0.2) is 24.0 Å². The summed E-state index contributed by atoms with van der Waals surface area (Å²) in [5.74, 6) is 0.582. The molecule has 2 N–H and O–H groups in total. The summed E-state index contributed by atoms with van der Waals surface area (Å²) in [5.41, 5.74) is 3.73. The molecule has 2 fully saturated rings. The zero-order valence-electron chi connectivity index (χ0n) is 14.9. The standard InChI is InChI=1S/C22H20N4O/c23-12-15-3-7-17(8-4-15)16-5-1-14(2-6-16)9-19(13-24)25-22(27)21-11-18-10-20(18)26-21/h1-8,18-21,26H,9-11H2,(H,25,27)/t18-,19+,20-,21+/m1/s1. The quantitative estimate of drug-likeness (QED) is 0.862. The molecule has 4 atom stereocenters. The van der Waals surface area contributed by atoms with Crippen molar-refractivity contribution in [2.75, 3.05) is 0 Å². The zero-order valence-corrected chi connectivity index (χ0v) is 14.9. The first kappa shape index (κ1) is 17.3. The summed E-state index contributed by atoms with van der Waals surface area (Å²) < 4.78 is 0. The Bertz CT molecular complexity index is 911. The molecule has 0 aromatic heterocycles. The van der Waals surface area contributed by atoms with Gasteiger partial charge < -0.3 is 10.6 Å². The first-order valence-corrected chi connectivity index (χ1v) is 9.22. The summed E-state index contributed by atoms with van der Waals surface area (Å²) in [7, 11) is 0. The maximum absolute atomic E-state index is 12.3. The highest BCUT2D eigenvalue weighted by molar-refractivity contribution is 5.83. The van der Waals surface area contributed by atoms with Gasteiger partial charge in [0.1, 0.15) is 6.04 Å². The highest BCUT2D eigenvalue weighted by Crippen LogP contribution is 2.40. The van der Waals surface area contributed by atoms with Crippen molar-refractivity contribution in [3.8, 4) is 23.3 Å². The number of carbonyl (C=O) groups is 1. The number of hydrogen-bond acceptors (Lipinski definition) is 4. The number of fused-ring (bicyclic) bond motifs is 1. The van der Waals surface area contributed by atoms with E-state index in [9.17, 15) is 10.1 Å². The van der Waals surface area contributed by atoms with Crippen LogP contribution in [0.15, 0.2) is 48.5 Å². The summed E-state index contributed by atoms with van der Waals surface area (Å²) in [6, 6.07) is 19.5. The second-order valence-electron chi connectivity index (χ2n) is 7.34. The van der Waals surface area contributed by atoms with Crippen molar-refractivity contribution in [3.05, 3.63) is 59.7 Å². The molecule has 2 aromatic carbocycles. The van der Waals surface area contributed by atoms with Crippen LogP contribution < -0.4 is 10.6 Å². The SMILES string of the molecule is N#Cc1ccc(-c2ccc(C[C@@H](C#N)NC(=O)[C@@H]3C[C@H]4C[C@H]4N3)cc2)cc1. The van der Waals surface area contributed by atoms with Crippen LogP contribution in [0, 0.1) is 28.6 Å². The van der Waals surface area contributed by atoms with E-state index >= 15 is 0 Å². The Kier molecular flexibility index (Phi) is 4.62. The molecule has 134 valence electrons. The largest absolute Gasteiger partial charge is 0.339 e. The van der Waals surface area contributed by atoms with E-state index in [0.29, 0.717) is 23.9 Å². The molecule has 27 heavy (non-hydrogen) atoms. The van der Waals surface area contributed by atoms with E-state index in [1.165, 1.54) is 6.42 Å². The van der Waals surface area contributed by atoms with Crippen molar-refractivity contribution in [1.29, 1.82) is 10.5 Å². The van der Waals surface area contributed by atoms with Crippen molar-refractivity contribution in [1.82, 2.24) is 10.6 Å². The molecule has 5 heteroatoms. The van der Waals surface area contributed by atoms with Crippen molar-refractivity contribution >= 4 is 5.91 Å². The number of nitrogens with zero attached hydrogens (tertiary/aromatic N) is 2. The summed E-state index contributed by atoms with van der Waals surface area (Å²) in [4.78, 5) is 12.3. The first-order valence-electron chi connectivity index (χ1n) is 9.22. The number of nitrogens with one attached hydrogen (secondary N) is 2. The highest BCUT2D eigenvalue weighted by Gasteiger charge is 2.47. The van der Waals surface area contributed by atoms with Crippen molar-refractivity contribution < 1.29 is 4.79 Å². The maximum atomic E-state index is 12.3. The van der Waals surface area contributed by atoms with Crippen LogP contribution in [0.1, 0.15) is 24.0 Å². The Morgan fingerprint density at radius 3 is 2.30 bits per heavy atom. The number of piperidine rings is 1. The van der Waals surface area contributed by atoms with Crippen molar-refractivity contribution in [2.24, 2.45) is 5.92 Å². The second kappa shape index (κ2) is 7.23. The van der Waals surface area contributed by atoms with Crippen LogP contribution in [0.2, 0.25) is 0 Å². The number of hydrogen-bond donors (Lipinski definition) is 2. The molecule has 5 nitrogen and oxygen atoms in total. The number of nitriles is 2. The Labute approximate surface area is 158 Å². The van der Waals surface area contributed by atoms with E-state index in [-0.39, 0.29) is 11.9 Å². The molecule has 2 aromatic rings. The fourth-order valence-electron chi connectivity index (χ4n) is 3.73. The van der Waals surface area contributed by atoms with E-state index in [1.807, 2.05) is 36.4 Å². The van der Waals surface area contributed by atoms with Gasteiger partial charge in [-0.25, -0.2) is 0 Å². The Hall–Kier alpha value is -3.15. The minimum absolute atomic E-state index is 0.0667. The molecule has 1 saturated heterocycles. The molecular weight excluding hydrogens is 336 g/mol. The lowest BCUT2D eigenvalue weighted by Gasteiger charge is -2.17. The van der Waals surface area contributed by atoms with Gasteiger partial charge in [-0.1, -0.05) is 36.4 Å². The molecule has 1 saturated carbocycles. The normalized spacial score (nSPS) is 23.6. The molecule has 0 spiro atoms. The van der Waals surface area contributed by atoms with Gasteiger partial charge in [-0.3, -0.25) is 4.79 Å². The van der Waals surface area contributed by atoms with Crippen LogP contribution in [-0.2, 0) is 11.2 Å². The lowest BCUT2D eigenvalue weighted by molar-refractivity contribution is -0.123. The molecule has 4 rings (SSSR count). The summed E-state index contributed by atoms with van der Waals surface area (Å²) >= 11 is 0. The van der Waals surface area contributed by atoms with Gasteiger partial charge in [0.25, 0.3) is 0 Å². The lowest BCUT2D eigenvalue weighted by Crippen LogP contribution is -2.46. The van der Waals surface area contributed by atoms with E-state index in [0.717, 1.165) is 23.1 Å². The zero-order chi connectivity index (χ0) is 18.8. The predicted octanol–water partition coefficient (Wildman–Crippen LogP) is 2.53.